The molecule has 0 aliphatic heterocycles. The number of aliphatic carboxylic acids is 1. The molecule has 0 bridgehead atoms. The maximum Gasteiger partial charge on any atom is 0.330 e. The first-order valence-electron chi connectivity index (χ1n) is 6.56. The topological polar surface area (TPSA) is 124 Å². The van der Waals surface area contributed by atoms with Crippen LogP contribution in [0.1, 0.15) is 26.7 Å². The summed E-state index contributed by atoms with van der Waals surface area (Å²) in [5.74, 6) is -1.81. The molecule has 0 spiro atoms. The van der Waals surface area contributed by atoms with Gasteiger partial charge in [-0.2, -0.15) is 0 Å². The van der Waals surface area contributed by atoms with Crippen molar-refractivity contribution < 1.29 is 34.8 Å². The molecule has 0 rings (SSSR count). The van der Waals surface area contributed by atoms with E-state index in [1.54, 1.807) is 6.92 Å². The van der Waals surface area contributed by atoms with E-state index in [0.29, 0.717) is 6.42 Å². The fraction of sp³-hybridized carbons (Fsp3) is 0.571. The van der Waals surface area contributed by atoms with Gasteiger partial charge in [0.1, 0.15) is 0 Å². The highest BCUT2D eigenvalue weighted by Crippen LogP contribution is 2.07. The number of aliphatic hydroxyl groups excluding tert-OH is 3. The van der Waals surface area contributed by atoms with E-state index in [2.05, 4.69) is 0 Å². The first-order valence-corrected chi connectivity index (χ1v) is 6.56. The fourth-order valence-electron chi connectivity index (χ4n) is 1.33. The predicted octanol–water partition coefficient (Wildman–Crippen LogP) is -0.00210. The van der Waals surface area contributed by atoms with E-state index in [4.69, 9.17) is 14.9 Å². The number of hydrogen-bond donors (Lipinski definition) is 4. The van der Waals surface area contributed by atoms with E-state index < -0.39 is 36.4 Å². The molecule has 0 aromatic heterocycles. The van der Waals surface area contributed by atoms with E-state index >= 15 is 0 Å². The van der Waals surface area contributed by atoms with Crippen molar-refractivity contribution in [2.75, 3.05) is 0 Å². The molecular weight excluding hydrogens is 280 g/mol. The van der Waals surface area contributed by atoms with Crippen LogP contribution in [0, 0.1) is 0 Å². The normalized spacial score (nSPS) is 17.6. The summed E-state index contributed by atoms with van der Waals surface area (Å²) in [6.45, 7) is 3.01. The zero-order valence-electron chi connectivity index (χ0n) is 12.0. The number of ether oxygens (including phenoxy) is 1. The molecule has 0 aromatic carbocycles. The summed E-state index contributed by atoms with van der Waals surface area (Å²) in [6.07, 6.45) is 1.23. The Morgan fingerprint density at radius 1 is 1.05 bits per heavy atom. The quantitative estimate of drug-likeness (QED) is 0.349. The van der Waals surface area contributed by atoms with E-state index in [0.717, 1.165) is 24.3 Å². The van der Waals surface area contributed by atoms with Crippen LogP contribution >= 0.6 is 0 Å². The van der Waals surface area contributed by atoms with Gasteiger partial charge in [0.25, 0.3) is 0 Å². The van der Waals surface area contributed by atoms with E-state index in [-0.39, 0.29) is 6.42 Å². The minimum atomic E-state index is -1.14. The Morgan fingerprint density at radius 2 is 1.67 bits per heavy atom. The van der Waals surface area contributed by atoms with Gasteiger partial charge in [-0.15, -0.1) is 0 Å². The molecule has 0 aliphatic rings. The summed E-state index contributed by atoms with van der Waals surface area (Å²) in [7, 11) is 0. The molecule has 120 valence electrons. The lowest BCUT2D eigenvalue weighted by molar-refractivity contribution is -0.142. The third kappa shape index (κ3) is 10.7. The van der Waals surface area contributed by atoms with Crippen LogP contribution in [-0.2, 0) is 14.3 Å². The number of carbonyl (C=O) groups excluding carboxylic acids is 1. The Labute approximate surface area is 123 Å². The second-order valence-corrected chi connectivity index (χ2v) is 4.68. The van der Waals surface area contributed by atoms with Crippen LogP contribution in [0.2, 0.25) is 0 Å². The van der Waals surface area contributed by atoms with Gasteiger partial charge in [-0.05, 0) is 38.8 Å². The summed E-state index contributed by atoms with van der Waals surface area (Å²) in [5.41, 5.74) is 0. The number of carbonyl (C=O) groups is 2. The maximum absolute atomic E-state index is 11.4. The Hall–Kier alpha value is -1.70. The number of carboxylic acid groups (broad SMARTS) is 1. The smallest absolute Gasteiger partial charge is 0.330 e. The van der Waals surface area contributed by atoms with E-state index in [9.17, 15) is 19.8 Å². The number of aliphatic hydroxyl groups is 3. The largest absolute Gasteiger partial charge is 0.478 e. The van der Waals surface area contributed by atoms with Crippen molar-refractivity contribution >= 4 is 11.9 Å². The van der Waals surface area contributed by atoms with Gasteiger partial charge in [0.15, 0.2) is 0 Å². The van der Waals surface area contributed by atoms with Crippen molar-refractivity contribution in [1.29, 1.82) is 0 Å². The summed E-state index contributed by atoms with van der Waals surface area (Å²) in [4.78, 5) is 21.6. The number of hydrogen-bond acceptors (Lipinski definition) is 6. The number of rotatable bonds is 9. The van der Waals surface area contributed by atoms with Gasteiger partial charge in [0.05, 0.1) is 24.4 Å². The van der Waals surface area contributed by atoms with Crippen LogP contribution < -0.4 is 0 Å². The van der Waals surface area contributed by atoms with Crippen LogP contribution in [0.5, 0.6) is 0 Å². The van der Waals surface area contributed by atoms with Gasteiger partial charge >= 0.3 is 11.9 Å². The summed E-state index contributed by atoms with van der Waals surface area (Å²) in [5, 5.41) is 36.1. The number of esters is 1. The predicted molar refractivity (Wildman–Crippen MR) is 74.4 cm³/mol. The Bertz CT molecular complexity index is 387. The van der Waals surface area contributed by atoms with Crippen molar-refractivity contribution in [3.8, 4) is 0 Å². The third-order valence-corrected chi connectivity index (χ3v) is 2.57. The number of carboxylic acids is 1. The molecule has 0 fully saturated rings. The van der Waals surface area contributed by atoms with Gasteiger partial charge < -0.3 is 25.2 Å². The van der Waals surface area contributed by atoms with Gasteiger partial charge in [-0.1, -0.05) is 0 Å². The summed E-state index contributed by atoms with van der Waals surface area (Å²) in [6, 6.07) is 0. The van der Waals surface area contributed by atoms with Crippen LogP contribution in [0.3, 0.4) is 0 Å². The van der Waals surface area contributed by atoms with E-state index in [1.165, 1.54) is 6.92 Å². The maximum atomic E-state index is 11.4. The molecule has 0 radical (unpaired) electrons. The molecule has 0 aromatic rings. The Morgan fingerprint density at radius 3 is 2.19 bits per heavy atom. The lowest BCUT2D eigenvalue weighted by atomic mass is 10.1. The molecular formula is C14H22O7. The third-order valence-electron chi connectivity index (χ3n) is 2.57. The second kappa shape index (κ2) is 10.1. The van der Waals surface area contributed by atoms with Crippen LogP contribution in [0.15, 0.2) is 24.3 Å². The minimum absolute atomic E-state index is 0.248. The van der Waals surface area contributed by atoms with Crippen LogP contribution in [0.25, 0.3) is 0 Å². The molecule has 4 N–H and O–H groups in total. The molecule has 0 unspecified atom stereocenters. The van der Waals surface area contributed by atoms with Gasteiger partial charge in [-0.3, -0.25) is 0 Å². The highest BCUT2D eigenvalue weighted by atomic mass is 16.5. The summed E-state index contributed by atoms with van der Waals surface area (Å²) < 4.78 is 4.99. The Kier molecular flexibility index (Phi) is 9.27. The van der Waals surface area contributed by atoms with Crippen molar-refractivity contribution in [3.63, 3.8) is 0 Å². The monoisotopic (exact) mass is 302 g/mol. The summed E-state index contributed by atoms with van der Waals surface area (Å²) >= 11 is 0. The van der Waals surface area contributed by atoms with Crippen LogP contribution in [0.4, 0.5) is 0 Å². The molecule has 0 saturated carbocycles. The highest BCUT2D eigenvalue weighted by molar-refractivity contribution is 5.82. The standard InChI is InChI=1S/C14H22O7/c1-9(3-4-11(16)5-7-13(18)19)21-14(20)8-6-12(17)10(2)15/h5-12,15-17H,3-4H2,1-2H3,(H,18,19)/t9-,10+,11+,12-/m1/s1. The lowest BCUT2D eigenvalue weighted by Gasteiger charge is -2.13. The fourth-order valence-corrected chi connectivity index (χ4v) is 1.33. The van der Waals surface area contributed by atoms with Crippen molar-refractivity contribution in [3.05, 3.63) is 24.3 Å². The molecule has 0 heterocycles. The second-order valence-electron chi connectivity index (χ2n) is 4.68. The van der Waals surface area contributed by atoms with E-state index in [1.807, 2.05) is 0 Å². The minimum Gasteiger partial charge on any atom is -0.478 e. The molecule has 4 atom stereocenters. The average Bonchev–Trinajstić information content (AvgIpc) is 2.39. The lowest BCUT2D eigenvalue weighted by Crippen LogP contribution is -2.20. The van der Waals surface area contributed by atoms with Crippen LogP contribution in [-0.4, -0.2) is 56.8 Å². The molecule has 0 amide bonds. The first kappa shape index (κ1) is 19.3. The Balaban J connectivity index is 4.06. The van der Waals surface area contributed by atoms with Crippen molar-refractivity contribution in [2.24, 2.45) is 0 Å². The molecule has 0 saturated heterocycles. The SMILES string of the molecule is C[C@H](CC[C@H](O)C=CC(=O)O)OC(=O)C=C[C@@H](O)[C@H](C)O. The van der Waals surface area contributed by atoms with Crippen molar-refractivity contribution in [1.82, 2.24) is 0 Å². The highest BCUT2D eigenvalue weighted by Gasteiger charge is 2.11. The van der Waals surface area contributed by atoms with Gasteiger partial charge in [0, 0.05) is 12.2 Å². The molecule has 7 heteroatoms. The first-order chi connectivity index (χ1) is 9.72. The molecule has 21 heavy (non-hydrogen) atoms. The average molecular weight is 302 g/mol. The zero-order chi connectivity index (χ0) is 16.4. The van der Waals surface area contributed by atoms with Crippen molar-refractivity contribution in [2.45, 2.75) is 51.1 Å². The van der Waals surface area contributed by atoms with Gasteiger partial charge in [0.2, 0.25) is 0 Å². The zero-order valence-corrected chi connectivity index (χ0v) is 12.0. The molecule has 7 nitrogen and oxygen atoms in total. The van der Waals surface area contributed by atoms with Gasteiger partial charge in [-0.25, -0.2) is 9.59 Å². The molecule has 0 aliphatic carbocycles.